The van der Waals surface area contributed by atoms with Gasteiger partial charge in [-0.3, -0.25) is 0 Å². The summed E-state index contributed by atoms with van der Waals surface area (Å²) in [7, 11) is 5.95. The molecule has 102 valence electrons. The van der Waals surface area contributed by atoms with E-state index in [2.05, 4.69) is 62.4 Å². The van der Waals surface area contributed by atoms with Crippen LogP contribution in [0.4, 0.5) is 0 Å². The molecule has 3 nitrogen and oxygen atoms in total. The van der Waals surface area contributed by atoms with E-state index in [0.29, 0.717) is 6.61 Å². The van der Waals surface area contributed by atoms with Crippen LogP contribution in [0.2, 0.25) is 0 Å². The zero-order chi connectivity index (χ0) is 13.6. The molecule has 0 bridgehead atoms. The Morgan fingerprint density at radius 1 is 1.11 bits per heavy atom. The van der Waals surface area contributed by atoms with Crippen molar-refractivity contribution >= 4 is 0 Å². The van der Waals surface area contributed by atoms with Gasteiger partial charge in [0.25, 0.3) is 0 Å². The van der Waals surface area contributed by atoms with Gasteiger partial charge in [0.05, 0.1) is 6.61 Å². The number of hydrogen-bond acceptors (Lipinski definition) is 3. The predicted molar refractivity (Wildman–Crippen MR) is 76.6 cm³/mol. The van der Waals surface area contributed by atoms with Gasteiger partial charge in [-0.15, -0.1) is 0 Å². The lowest BCUT2D eigenvalue weighted by molar-refractivity contribution is 0.185. The van der Waals surface area contributed by atoms with Gasteiger partial charge in [-0.2, -0.15) is 0 Å². The molecule has 0 heterocycles. The third kappa shape index (κ3) is 4.77. The summed E-state index contributed by atoms with van der Waals surface area (Å²) in [5.74, 6) is 0. The second-order valence-electron chi connectivity index (χ2n) is 5.56. The lowest BCUT2D eigenvalue weighted by Crippen LogP contribution is -2.46. The van der Waals surface area contributed by atoms with E-state index >= 15 is 0 Å². The molecule has 3 heteroatoms. The number of benzene rings is 1. The van der Waals surface area contributed by atoms with E-state index in [9.17, 15) is 0 Å². The van der Waals surface area contributed by atoms with E-state index < -0.39 is 0 Å². The SMILES string of the molecule is COCc1ccc(CNCC(C)(C)N(C)C)cc1. The van der Waals surface area contributed by atoms with Crippen LogP contribution in [0.15, 0.2) is 24.3 Å². The zero-order valence-corrected chi connectivity index (χ0v) is 12.3. The van der Waals surface area contributed by atoms with Crippen LogP contribution in [0.3, 0.4) is 0 Å². The van der Waals surface area contributed by atoms with Crippen LogP contribution in [0.5, 0.6) is 0 Å². The van der Waals surface area contributed by atoms with Crippen molar-refractivity contribution in [2.75, 3.05) is 27.7 Å². The fourth-order valence-electron chi connectivity index (χ4n) is 1.59. The first-order valence-electron chi connectivity index (χ1n) is 6.40. The number of nitrogens with one attached hydrogen (secondary N) is 1. The molecular formula is C15H26N2O. The average Bonchev–Trinajstić information content (AvgIpc) is 2.31. The molecular weight excluding hydrogens is 224 g/mol. The highest BCUT2D eigenvalue weighted by Gasteiger charge is 2.19. The van der Waals surface area contributed by atoms with E-state index in [-0.39, 0.29) is 5.54 Å². The monoisotopic (exact) mass is 250 g/mol. The smallest absolute Gasteiger partial charge is 0.0713 e. The van der Waals surface area contributed by atoms with E-state index in [4.69, 9.17) is 4.74 Å². The van der Waals surface area contributed by atoms with Crippen LogP contribution in [0, 0.1) is 0 Å². The number of rotatable bonds is 7. The van der Waals surface area contributed by atoms with Crippen molar-refractivity contribution in [3.8, 4) is 0 Å². The van der Waals surface area contributed by atoms with Crippen molar-refractivity contribution in [3.63, 3.8) is 0 Å². The van der Waals surface area contributed by atoms with Crippen molar-refractivity contribution in [3.05, 3.63) is 35.4 Å². The molecule has 0 aliphatic rings. The van der Waals surface area contributed by atoms with Crippen molar-refractivity contribution in [1.29, 1.82) is 0 Å². The maximum absolute atomic E-state index is 5.10. The molecule has 1 aromatic carbocycles. The number of likely N-dealkylation sites (N-methyl/N-ethyl adjacent to an activating group) is 1. The second kappa shape index (κ2) is 6.88. The molecule has 1 rings (SSSR count). The van der Waals surface area contributed by atoms with Crippen LogP contribution in [-0.4, -0.2) is 38.2 Å². The van der Waals surface area contributed by atoms with Gasteiger partial charge in [0.15, 0.2) is 0 Å². The Morgan fingerprint density at radius 3 is 2.17 bits per heavy atom. The minimum atomic E-state index is 0.177. The first-order valence-corrected chi connectivity index (χ1v) is 6.40. The van der Waals surface area contributed by atoms with E-state index in [1.54, 1.807) is 7.11 Å². The van der Waals surface area contributed by atoms with Gasteiger partial charge in [-0.05, 0) is 39.1 Å². The van der Waals surface area contributed by atoms with Crippen LogP contribution >= 0.6 is 0 Å². The molecule has 0 aliphatic heterocycles. The van der Waals surface area contributed by atoms with Gasteiger partial charge in [0.2, 0.25) is 0 Å². The Morgan fingerprint density at radius 2 is 1.67 bits per heavy atom. The minimum Gasteiger partial charge on any atom is -0.380 e. The lowest BCUT2D eigenvalue weighted by atomic mass is 10.0. The summed E-state index contributed by atoms with van der Waals surface area (Å²) in [6.45, 7) is 7.04. The summed E-state index contributed by atoms with van der Waals surface area (Å²) in [6.07, 6.45) is 0. The highest BCUT2D eigenvalue weighted by atomic mass is 16.5. The first kappa shape index (κ1) is 15.2. The molecule has 0 unspecified atom stereocenters. The Bertz CT molecular complexity index is 344. The number of hydrogen-bond donors (Lipinski definition) is 1. The molecule has 18 heavy (non-hydrogen) atoms. The molecule has 0 fully saturated rings. The van der Waals surface area contributed by atoms with Gasteiger partial charge >= 0.3 is 0 Å². The minimum absolute atomic E-state index is 0.177. The Balaban J connectivity index is 2.40. The van der Waals surface area contributed by atoms with Gasteiger partial charge < -0.3 is 15.0 Å². The average molecular weight is 250 g/mol. The topological polar surface area (TPSA) is 24.5 Å². The Kier molecular flexibility index (Phi) is 5.79. The third-order valence-corrected chi connectivity index (χ3v) is 3.43. The molecule has 1 N–H and O–H groups in total. The van der Waals surface area contributed by atoms with Crippen LogP contribution in [0.25, 0.3) is 0 Å². The summed E-state index contributed by atoms with van der Waals surface area (Å²) < 4.78 is 5.10. The lowest BCUT2D eigenvalue weighted by Gasteiger charge is -2.32. The third-order valence-electron chi connectivity index (χ3n) is 3.43. The normalized spacial score (nSPS) is 12.1. The second-order valence-corrected chi connectivity index (χ2v) is 5.56. The van der Waals surface area contributed by atoms with E-state index in [1.807, 2.05) is 0 Å². The van der Waals surface area contributed by atoms with E-state index in [0.717, 1.165) is 13.1 Å². The summed E-state index contributed by atoms with van der Waals surface area (Å²) in [4.78, 5) is 2.24. The van der Waals surface area contributed by atoms with E-state index in [1.165, 1.54) is 11.1 Å². The number of ether oxygens (including phenoxy) is 1. The van der Waals surface area contributed by atoms with Crippen molar-refractivity contribution < 1.29 is 4.74 Å². The molecule has 0 atom stereocenters. The number of methoxy groups -OCH3 is 1. The molecule has 0 aliphatic carbocycles. The molecule has 0 amide bonds. The molecule has 1 aromatic rings. The standard InChI is InChI=1S/C15H26N2O/c1-15(2,17(3)4)12-16-10-13-6-8-14(9-7-13)11-18-5/h6-9,16H,10-12H2,1-5H3. The highest BCUT2D eigenvalue weighted by molar-refractivity contribution is 5.21. The summed E-state index contributed by atoms with van der Waals surface area (Å²) in [6, 6.07) is 8.56. The summed E-state index contributed by atoms with van der Waals surface area (Å²) >= 11 is 0. The summed E-state index contributed by atoms with van der Waals surface area (Å²) in [5.41, 5.74) is 2.70. The highest BCUT2D eigenvalue weighted by Crippen LogP contribution is 2.09. The van der Waals surface area contributed by atoms with Gasteiger partial charge in [-0.1, -0.05) is 24.3 Å². The van der Waals surface area contributed by atoms with Crippen molar-refractivity contribution in [2.24, 2.45) is 0 Å². The fourth-order valence-corrected chi connectivity index (χ4v) is 1.59. The van der Waals surface area contributed by atoms with Crippen molar-refractivity contribution in [1.82, 2.24) is 10.2 Å². The largest absolute Gasteiger partial charge is 0.380 e. The number of nitrogens with zero attached hydrogens (tertiary/aromatic N) is 1. The van der Waals surface area contributed by atoms with Gasteiger partial charge in [0, 0.05) is 25.7 Å². The molecule has 0 radical (unpaired) electrons. The predicted octanol–water partition coefficient (Wildman–Crippen LogP) is 2.26. The maximum atomic E-state index is 5.10. The van der Waals surface area contributed by atoms with Crippen molar-refractivity contribution in [2.45, 2.75) is 32.5 Å². The summed E-state index contributed by atoms with van der Waals surface area (Å²) in [5, 5.41) is 3.50. The Labute approximate surface area is 111 Å². The first-order chi connectivity index (χ1) is 8.45. The molecule has 0 spiro atoms. The molecule has 0 aromatic heterocycles. The maximum Gasteiger partial charge on any atom is 0.0713 e. The molecule has 0 saturated heterocycles. The van der Waals surface area contributed by atoms with Crippen LogP contribution < -0.4 is 5.32 Å². The van der Waals surface area contributed by atoms with Gasteiger partial charge in [-0.25, -0.2) is 0 Å². The molecule has 0 saturated carbocycles. The van der Waals surface area contributed by atoms with Gasteiger partial charge in [0.1, 0.15) is 0 Å². The zero-order valence-electron chi connectivity index (χ0n) is 12.3. The Hall–Kier alpha value is -0.900. The van der Waals surface area contributed by atoms with Crippen LogP contribution in [0.1, 0.15) is 25.0 Å². The quantitative estimate of drug-likeness (QED) is 0.803. The van der Waals surface area contributed by atoms with Crippen LogP contribution in [-0.2, 0) is 17.9 Å². The fraction of sp³-hybridized carbons (Fsp3) is 0.600.